The minimum Gasteiger partial charge on any atom is -0.377 e. The van der Waals surface area contributed by atoms with Crippen LogP contribution in [0.25, 0.3) is 0 Å². The van der Waals surface area contributed by atoms with Crippen molar-refractivity contribution in [1.82, 2.24) is 0 Å². The Balaban J connectivity index is 2.04. The third kappa shape index (κ3) is 2.10. The second kappa shape index (κ2) is 3.71. The van der Waals surface area contributed by atoms with Crippen LogP contribution < -0.4 is 11.6 Å². The molecule has 0 aromatic rings. The van der Waals surface area contributed by atoms with Gasteiger partial charge in [-0.3, -0.25) is 0 Å². The average molecular weight is 159 g/mol. The molecule has 1 rings (SSSR count). The zero-order valence-corrected chi connectivity index (χ0v) is 6.73. The van der Waals surface area contributed by atoms with Gasteiger partial charge < -0.3 is 11.6 Å². The van der Waals surface area contributed by atoms with Crippen LogP contribution in [0.2, 0.25) is 0 Å². The first-order valence-corrected chi connectivity index (χ1v) is 4.47. The van der Waals surface area contributed by atoms with E-state index in [2.05, 4.69) is 5.10 Å². The van der Waals surface area contributed by atoms with Gasteiger partial charge in [0.05, 0.1) is 0 Å². The van der Waals surface area contributed by atoms with Gasteiger partial charge in [0.1, 0.15) is 0 Å². The van der Waals surface area contributed by atoms with E-state index in [-0.39, 0.29) is 0 Å². The normalized spacial score (nSPS) is 20.6. The van der Waals surface area contributed by atoms with Gasteiger partial charge in [0.2, 0.25) is 0 Å². The second-order valence-corrected chi connectivity index (χ2v) is 3.62. The van der Waals surface area contributed by atoms with Gasteiger partial charge in [-0.15, -0.1) is 0 Å². The maximum absolute atomic E-state index is 5.39. The Morgan fingerprint density at radius 3 is 2.70 bits per heavy atom. The molecule has 3 nitrogen and oxygen atoms in total. The van der Waals surface area contributed by atoms with Crippen LogP contribution in [0.15, 0.2) is 5.10 Å². The van der Waals surface area contributed by atoms with Gasteiger partial charge in [0.15, 0.2) is 5.17 Å². The minimum absolute atomic E-state index is 0.506. The molecule has 0 radical (unpaired) electrons. The quantitative estimate of drug-likeness (QED) is 0.270. The van der Waals surface area contributed by atoms with Crippen LogP contribution in [0.1, 0.15) is 19.3 Å². The highest BCUT2D eigenvalue weighted by molar-refractivity contribution is 8.13. The Hall–Kier alpha value is -0.380. The molecule has 0 amide bonds. The van der Waals surface area contributed by atoms with E-state index in [1.165, 1.54) is 19.3 Å². The Labute approximate surface area is 65.2 Å². The van der Waals surface area contributed by atoms with E-state index in [0.717, 1.165) is 11.7 Å². The van der Waals surface area contributed by atoms with Crippen molar-refractivity contribution in [3.05, 3.63) is 0 Å². The van der Waals surface area contributed by atoms with Crippen molar-refractivity contribution in [1.29, 1.82) is 0 Å². The molecule has 0 bridgehead atoms. The number of nitrogens with zero attached hydrogens (tertiary/aromatic N) is 1. The van der Waals surface area contributed by atoms with Gasteiger partial charge in [-0.1, -0.05) is 18.2 Å². The van der Waals surface area contributed by atoms with E-state index >= 15 is 0 Å². The molecule has 4 N–H and O–H groups in total. The second-order valence-electron chi connectivity index (χ2n) is 2.58. The Morgan fingerprint density at radius 2 is 2.30 bits per heavy atom. The summed E-state index contributed by atoms with van der Waals surface area (Å²) >= 11 is 1.56. The van der Waals surface area contributed by atoms with E-state index in [1.54, 1.807) is 11.8 Å². The molecule has 4 heteroatoms. The van der Waals surface area contributed by atoms with Crippen LogP contribution in [0.4, 0.5) is 0 Å². The van der Waals surface area contributed by atoms with Crippen molar-refractivity contribution in [2.24, 2.45) is 22.6 Å². The number of amidine groups is 1. The molecule has 1 aliphatic rings. The van der Waals surface area contributed by atoms with Crippen LogP contribution >= 0.6 is 11.8 Å². The molecule has 0 aliphatic heterocycles. The van der Waals surface area contributed by atoms with Gasteiger partial charge in [0.25, 0.3) is 0 Å². The molecule has 0 atom stereocenters. The lowest BCUT2D eigenvalue weighted by Gasteiger charge is -2.24. The SMILES string of the molecule is N/N=C(\N)SCC1CCC1. The van der Waals surface area contributed by atoms with Crippen LogP contribution in [0, 0.1) is 5.92 Å². The van der Waals surface area contributed by atoms with Crippen LogP contribution in [0.3, 0.4) is 0 Å². The van der Waals surface area contributed by atoms with Crippen molar-refractivity contribution >= 4 is 16.9 Å². The van der Waals surface area contributed by atoms with Crippen LogP contribution in [-0.4, -0.2) is 10.9 Å². The van der Waals surface area contributed by atoms with Gasteiger partial charge in [-0.05, 0) is 18.8 Å². The topological polar surface area (TPSA) is 64.4 Å². The number of rotatable bonds is 2. The largest absolute Gasteiger partial charge is 0.377 e. The summed E-state index contributed by atoms with van der Waals surface area (Å²) in [6.07, 6.45) is 4.08. The van der Waals surface area contributed by atoms with Gasteiger partial charge in [-0.25, -0.2) is 0 Å². The number of hydrogen-bond donors (Lipinski definition) is 2. The summed E-state index contributed by atoms with van der Waals surface area (Å²) in [5.74, 6) is 6.92. The summed E-state index contributed by atoms with van der Waals surface area (Å²) in [5.41, 5.74) is 5.39. The first-order valence-electron chi connectivity index (χ1n) is 3.49. The van der Waals surface area contributed by atoms with E-state index < -0.39 is 0 Å². The van der Waals surface area contributed by atoms with Gasteiger partial charge in [-0.2, -0.15) is 5.10 Å². The molecule has 0 unspecified atom stereocenters. The number of nitrogens with two attached hydrogens (primary N) is 2. The number of thioether (sulfide) groups is 1. The highest BCUT2D eigenvalue weighted by atomic mass is 32.2. The third-order valence-electron chi connectivity index (χ3n) is 1.82. The van der Waals surface area contributed by atoms with E-state index in [9.17, 15) is 0 Å². The molecule has 58 valence electrons. The standard InChI is InChI=1S/C6H13N3S/c7-6(9-8)10-4-5-2-1-3-5/h5H,1-4,8H2,(H2,7,9). The van der Waals surface area contributed by atoms with Crippen LogP contribution in [0.5, 0.6) is 0 Å². The van der Waals surface area contributed by atoms with Gasteiger partial charge >= 0.3 is 0 Å². The zero-order valence-electron chi connectivity index (χ0n) is 5.92. The van der Waals surface area contributed by atoms with Crippen molar-refractivity contribution in [3.63, 3.8) is 0 Å². The summed E-state index contributed by atoms with van der Waals surface area (Å²) in [6.45, 7) is 0. The summed E-state index contributed by atoms with van der Waals surface area (Å²) in [4.78, 5) is 0. The predicted molar refractivity (Wildman–Crippen MR) is 45.6 cm³/mol. The molecular formula is C6H13N3S. The molecule has 0 heterocycles. The van der Waals surface area contributed by atoms with Crippen LogP contribution in [-0.2, 0) is 0 Å². The van der Waals surface area contributed by atoms with Crippen molar-refractivity contribution < 1.29 is 0 Å². The lowest BCUT2D eigenvalue weighted by atomic mass is 9.87. The molecule has 0 spiro atoms. The molecule has 1 aliphatic carbocycles. The third-order valence-corrected chi connectivity index (χ3v) is 2.86. The molecule has 0 aromatic carbocycles. The summed E-state index contributed by atoms with van der Waals surface area (Å²) in [5, 5.41) is 3.88. The smallest absolute Gasteiger partial charge is 0.177 e. The van der Waals surface area contributed by atoms with Gasteiger partial charge in [0, 0.05) is 5.75 Å². The van der Waals surface area contributed by atoms with Crippen molar-refractivity contribution in [2.45, 2.75) is 19.3 Å². The first-order chi connectivity index (χ1) is 4.83. The summed E-state index contributed by atoms with van der Waals surface area (Å²) in [6, 6.07) is 0. The molecule has 0 saturated heterocycles. The molecule has 0 aromatic heterocycles. The molecule has 1 fully saturated rings. The predicted octanol–water partition coefficient (Wildman–Crippen LogP) is 0.708. The highest BCUT2D eigenvalue weighted by Gasteiger charge is 2.17. The minimum atomic E-state index is 0.506. The lowest BCUT2D eigenvalue weighted by Crippen LogP contribution is -2.17. The zero-order chi connectivity index (χ0) is 7.40. The Bertz CT molecular complexity index is 131. The maximum Gasteiger partial charge on any atom is 0.177 e. The Morgan fingerprint density at radius 1 is 1.60 bits per heavy atom. The number of hydrogen-bond acceptors (Lipinski definition) is 3. The highest BCUT2D eigenvalue weighted by Crippen LogP contribution is 2.29. The van der Waals surface area contributed by atoms with E-state index in [1.807, 2.05) is 0 Å². The average Bonchev–Trinajstić information content (AvgIpc) is 1.84. The summed E-state index contributed by atoms with van der Waals surface area (Å²) < 4.78 is 0. The van der Waals surface area contributed by atoms with Crippen molar-refractivity contribution in [3.8, 4) is 0 Å². The lowest BCUT2D eigenvalue weighted by molar-refractivity contribution is 0.353. The molecule has 1 saturated carbocycles. The first kappa shape index (κ1) is 7.72. The van der Waals surface area contributed by atoms with E-state index in [4.69, 9.17) is 11.6 Å². The van der Waals surface area contributed by atoms with Crippen molar-refractivity contribution in [2.75, 3.05) is 5.75 Å². The molecular weight excluding hydrogens is 146 g/mol. The fraction of sp³-hybridized carbons (Fsp3) is 0.833. The maximum atomic E-state index is 5.39. The summed E-state index contributed by atoms with van der Waals surface area (Å²) in [7, 11) is 0. The Kier molecular flexibility index (Phi) is 2.86. The monoisotopic (exact) mass is 159 g/mol. The fourth-order valence-corrected chi connectivity index (χ4v) is 1.71. The fourth-order valence-electron chi connectivity index (χ4n) is 0.900. The van der Waals surface area contributed by atoms with E-state index in [0.29, 0.717) is 5.17 Å². The number of hydrazone groups is 1. The molecule has 10 heavy (non-hydrogen) atoms.